The van der Waals surface area contributed by atoms with Crippen molar-refractivity contribution in [2.75, 3.05) is 41.7 Å². The molecule has 10 rings (SSSR count). The van der Waals surface area contributed by atoms with Gasteiger partial charge in [-0.05, 0) is 141 Å². The number of imide groups is 1. The molecular formula is C58H63N9O7S. The molecule has 6 heterocycles. The number of carboxylic acids is 1. The van der Waals surface area contributed by atoms with Gasteiger partial charge in [0.1, 0.15) is 11.6 Å². The summed E-state index contributed by atoms with van der Waals surface area (Å²) in [5.74, 6) is -0.919. The van der Waals surface area contributed by atoms with Gasteiger partial charge >= 0.3 is 5.97 Å². The molecule has 0 radical (unpaired) electrons. The number of aryl methyl sites for hydroxylation is 1. The molecule has 2 saturated heterocycles. The van der Waals surface area contributed by atoms with Gasteiger partial charge < -0.3 is 20.1 Å². The standard InChI is InChI=1S/C58H63N9O7S/c1-33(20-21-35-24-27-66(28-25-35)32-49(69)59-44-17-10-15-39-51(64-65(6)53(39)44)40-22-23-48(68)62-55(40)71)74-45-18-11-13-37(34(45)2)50-42(58(3,4)5)30-47(61-52(50)56(72)73)67-29-26-36-12-9-14-38(41(36)31-67)54(70)63-57-60-43-16-7-8-19-46(43)75-57/h7-19,30,33,35,40H,20-29,31-32H2,1-6H3,(H,59,69)(H,72,73)(H,60,63,70)(H,62,68,71)/t33-,40?/m0/s1. The third-order valence-electron chi connectivity index (χ3n) is 15.0. The van der Waals surface area contributed by atoms with Crippen molar-refractivity contribution in [2.45, 2.75) is 104 Å². The molecule has 4 amide bonds. The zero-order valence-corrected chi connectivity index (χ0v) is 44.1. The summed E-state index contributed by atoms with van der Waals surface area (Å²) in [6.45, 7) is 13.2. The molecule has 1 unspecified atom stereocenters. The molecule has 2 atom stereocenters. The highest BCUT2D eigenvalue weighted by Crippen LogP contribution is 2.42. The van der Waals surface area contributed by atoms with Gasteiger partial charge in [0.15, 0.2) is 10.8 Å². The van der Waals surface area contributed by atoms with Crippen LogP contribution in [0.3, 0.4) is 0 Å². The minimum absolute atomic E-state index is 0.0337. The Labute approximate surface area is 439 Å². The minimum atomic E-state index is -1.12. The number of anilines is 3. The SMILES string of the molecule is Cc1c(O[C@@H](C)CCC2CCN(CC(=O)Nc3cccc4c(C5CCC(=O)NC5=O)nn(C)c34)CC2)cccc1-c1c(C(C)(C)C)cc(N2CCc3cccc(C(=O)Nc4nc5ccccc5s4)c3C2)nc1C(=O)O. The van der Waals surface area contributed by atoms with Crippen LogP contribution < -0.4 is 25.6 Å². The number of carbonyl (C=O) groups excluding carboxylic acids is 4. The molecule has 17 heteroatoms. The van der Waals surface area contributed by atoms with E-state index in [-0.39, 0.29) is 48.4 Å². The van der Waals surface area contributed by atoms with Crippen LogP contribution >= 0.6 is 11.3 Å². The van der Waals surface area contributed by atoms with E-state index in [9.17, 15) is 29.1 Å². The maximum atomic E-state index is 13.8. The van der Waals surface area contributed by atoms with Gasteiger partial charge in [-0.2, -0.15) is 5.10 Å². The Morgan fingerprint density at radius 3 is 2.45 bits per heavy atom. The number of hydrogen-bond acceptors (Lipinski definition) is 12. The van der Waals surface area contributed by atoms with Crippen LogP contribution in [0.5, 0.6) is 5.75 Å². The van der Waals surface area contributed by atoms with Crippen LogP contribution in [-0.4, -0.2) is 91.6 Å². The number of rotatable bonds is 14. The molecule has 0 saturated carbocycles. The van der Waals surface area contributed by atoms with Crippen LogP contribution in [0, 0.1) is 12.8 Å². The van der Waals surface area contributed by atoms with E-state index in [1.54, 1.807) is 11.7 Å². The molecule has 16 nitrogen and oxygen atoms in total. The van der Waals surface area contributed by atoms with Gasteiger partial charge in [0.2, 0.25) is 17.7 Å². The smallest absolute Gasteiger partial charge is 0.355 e. The lowest BCUT2D eigenvalue weighted by Gasteiger charge is -2.33. The van der Waals surface area contributed by atoms with Crippen molar-refractivity contribution < 1.29 is 33.8 Å². The molecule has 388 valence electrons. The quantitative estimate of drug-likeness (QED) is 0.0753. The summed E-state index contributed by atoms with van der Waals surface area (Å²) in [6.07, 6.45) is 4.93. The van der Waals surface area contributed by atoms with Crippen LogP contribution in [-0.2, 0) is 39.8 Å². The molecule has 7 aromatic rings. The number of pyridine rings is 1. The molecule has 0 bridgehead atoms. The highest BCUT2D eigenvalue weighted by atomic mass is 32.1. The van der Waals surface area contributed by atoms with Crippen molar-refractivity contribution in [3.63, 3.8) is 0 Å². The average molecular weight is 1030 g/mol. The van der Waals surface area contributed by atoms with E-state index >= 15 is 0 Å². The van der Waals surface area contributed by atoms with Gasteiger partial charge in [-0.15, -0.1) is 0 Å². The lowest BCUT2D eigenvalue weighted by atomic mass is 9.80. The Balaban J connectivity index is 0.775. The second-order valence-corrected chi connectivity index (χ2v) is 22.3. The van der Waals surface area contributed by atoms with Crippen molar-refractivity contribution in [1.82, 2.24) is 30.0 Å². The Hall–Kier alpha value is -7.50. The molecule has 4 N–H and O–H groups in total. The van der Waals surface area contributed by atoms with Gasteiger partial charge in [-0.1, -0.05) is 80.6 Å². The first kappa shape index (κ1) is 51.0. The normalized spacial score (nSPS) is 16.9. The fraction of sp³-hybridized carbons (Fsp3) is 0.379. The molecule has 0 aliphatic carbocycles. The number of nitrogens with zero attached hydrogens (tertiary/aromatic N) is 6. The molecule has 3 aliphatic rings. The Morgan fingerprint density at radius 1 is 0.920 bits per heavy atom. The van der Waals surface area contributed by atoms with E-state index in [0.717, 1.165) is 87.7 Å². The first-order chi connectivity index (χ1) is 36.0. The molecular weight excluding hydrogens is 967 g/mol. The molecule has 2 fully saturated rings. The fourth-order valence-electron chi connectivity index (χ4n) is 11.1. The zero-order valence-electron chi connectivity index (χ0n) is 43.3. The summed E-state index contributed by atoms with van der Waals surface area (Å²) in [5.41, 5.74) is 7.79. The van der Waals surface area contributed by atoms with Gasteiger partial charge in [-0.25, -0.2) is 14.8 Å². The summed E-state index contributed by atoms with van der Waals surface area (Å²) in [4.78, 5) is 78.8. The summed E-state index contributed by atoms with van der Waals surface area (Å²) in [6, 6.07) is 27.0. The van der Waals surface area contributed by atoms with Crippen LogP contribution in [0.2, 0.25) is 0 Å². The van der Waals surface area contributed by atoms with Crippen molar-refractivity contribution >= 4 is 78.7 Å². The minimum Gasteiger partial charge on any atom is -0.490 e. The number of ether oxygens (including phenoxy) is 1. The number of carbonyl (C=O) groups is 5. The predicted octanol–water partition coefficient (Wildman–Crippen LogP) is 9.78. The molecule has 3 aromatic heterocycles. The van der Waals surface area contributed by atoms with Crippen molar-refractivity contribution in [3.05, 3.63) is 124 Å². The highest BCUT2D eigenvalue weighted by molar-refractivity contribution is 7.22. The maximum Gasteiger partial charge on any atom is 0.355 e. The molecule has 75 heavy (non-hydrogen) atoms. The number of nitrogens with one attached hydrogen (secondary N) is 3. The Kier molecular flexibility index (Phi) is 14.3. The molecule has 4 aromatic carbocycles. The Bertz CT molecular complexity index is 3350. The summed E-state index contributed by atoms with van der Waals surface area (Å²) < 4.78 is 9.34. The average Bonchev–Trinajstić information content (AvgIpc) is 3.95. The number of thiazole rings is 1. The second kappa shape index (κ2) is 21.0. The molecule has 3 aliphatic heterocycles. The number of likely N-dealkylation sites (tertiary alicyclic amines) is 1. The zero-order chi connectivity index (χ0) is 52.7. The Morgan fingerprint density at radius 2 is 1.69 bits per heavy atom. The maximum absolute atomic E-state index is 13.8. The number of aromatic carboxylic acids is 1. The van der Waals surface area contributed by atoms with Crippen molar-refractivity contribution in [1.29, 1.82) is 0 Å². The van der Waals surface area contributed by atoms with Gasteiger partial charge in [-0.3, -0.25) is 39.4 Å². The summed E-state index contributed by atoms with van der Waals surface area (Å²) >= 11 is 1.43. The van der Waals surface area contributed by atoms with Crippen LogP contribution in [0.4, 0.5) is 16.6 Å². The van der Waals surface area contributed by atoms with Crippen LogP contribution in [0.25, 0.3) is 32.2 Å². The van der Waals surface area contributed by atoms with E-state index in [2.05, 4.69) is 63.5 Å². The van der Waals surface area contributed by atoms with Crippen molar-refractivity contribution in [2.24, 2.45) is 13.0 Å². The lowest BCUT2D eigenvalue weighted by Crippen LogP contribution is -2.39. The van der Waals surface area contributed by atoms with E-state index < -0.39 is 17.3 Å². The predicted molar refractivity (Wildman–Crippen MR) is 292 cm³/mol. The van der Waals surface area contributed by atoms with E-state index in [1.165, 1.54) is 11.3 Å². The first-order valence-electron chi connectivity index (χ1n) is 25.9. The monoisotopic (exact) mass is 1030 g/mol. The first-order valence-corrected chi connectivity index (χ1v) is 26.7. The number of carboxylic acid groups (broad SMARTS) is 1. The third kappa shape index (κ3) is 10.7. The van der Waals surface area contributed by atoms with E-state index in [4.69, 9.17) is 9.72 Å². The van der Waals surface area contributed by atoms with Gasteiger partial charge in [0.05, 0.1) is 45.7 Å². The highest BCUT2D eigenvalue weighted by Gasteiger charge is 2.34. The van der Waals surface area contributed by atoms with Gasteiger partial charge in [0, 0.05) is 43.1 Å². The number of hydrogen-bond donors (Lipinski definition) is 4. The lowest BCUT2D eigenvalue weighted by molar-refractivity contribution is -0.134. The number of amides is 4. The number of para-hydroxylation sites is 2. The number of benzene rings is 4. The number of piperidine rings is 2. The van der Waals surface area contributed by atoms with Crippen LogP contribution in [0.1, 0.15) is 121 Å². The topological polar surface area (TPSA) is 201 Å². The number of aromatic nitrogens is 4. The fourth-order valence-corrected chi connectivity index (χ4v) is 11.9. The summed E-state index contributed by atoms with van der Waals surface area (Å²) in [5, 5.41) is 25.4. The number of fused-ring (bicyclic) bond motifs is 3. The van der Waals surface area contributed by atoms with Gasteiger partial charge in [0.25, 0.3) is 5.91 Å². The second-order valence-electron chi connectivity index (χ2n) is 21.3. The third-order valence-corrected chi connectivity index (χ3v) is 16.0. The largest absolute Gasteiger partial charge is 0.490 e. The molecule has 0 spiro atoms. The van der Waals surface area contributed by atoms with E-state index in [1.807, 2.05) is 91.9 Å². The van der Waals surface area contributed by atoms with Crippen LogP contribution in [0.15, 0.2) is 84.9 Å². The summed E-state index contributed by atoms with van der Waals surface area (Å²) in [7, 11) is 1.79. The van der Waals surface area contributed by atoms with Crippen molar-refractivity contribution in [3.8, 4) is 16.9 Å². The van der Waals surface area contributed by atoms with E-state index in [0.29, 0.717) is 71.1 Å².